The van der Waals surface area contributed by atoms with E-state index in [4.69, 9.17) is 4.74 Å². The molecular formula is C11H12F2O. The van der Waals surface area contributed by atoms with Crippen molar-refractivity contribution in [3.8, 4) is 0 Å². The molecule has 1 unspecified atom stereocenters. The number of hydrogen-bond donors (Lipinski definition) is 0. The number of halogens is 2. The van der Waals surface area contributed by atoms with Crippen molar-refractivity contribution in [3.05, 3.63) is 34.9 Å². The van der Waals surface area contributed by atoms with E-state index in [1.54, 1.807) is 6.92 Å². The standard InChI is InChI=1S/C11H12F2O/c1-7-4-9(12)11(10(13)5-7)8-2-3-14-6-8/h4-5,8H,2-3,6H2,1H3. The van der Waals surface area contributed by atoms with Crippen LogP contribution in [0.3, 0.4) is 0 Å². The molecule has 0 amide bonds. The second-order valence-corrected chi connectivity index (χ2v) is 3.70. The van der Waals surface area contributed by atoms with Gasteiger partial charge in [0.25, 0.3) is 0 Å². The van der Waals surface area contributed by atoms with Crippen LogP contribution in [0, 0.1) is 18.6 Å². The number of ether oxygens (including phenoxy) is 1. The van der Waals surface area contributed by atoms with E-state index in [0.717, 1.165) is 0 Å². The Morgan fingerprint density at radius 2 is 1.93 bits per heavy atom. The summed E-state index contributed by atoms with van der Waals surface area (Å²) >= 11 is 0. The minimum atomic E-state index is -0.446. The Labute approximate surface area is 81.7 Å². The van der Waals surface area contributed by atoms with Crippen LogP contribution in [0.15, 0.2) is 12.1 Å². The van der Waals surface area contributed by atoms with Crippen LogP contribution in [0.2, 0.25) is 0 Å². The predicted octanol–water partition coefficient (Wildman–Crippen LogP) is 2.78. The summed E-state index contributed by atoms with van der Waals surface area (Å²) in [5.41, 5.74) is 0.802. The largest absolute Gasteiger partial charge is 0.381 e. The summed E-state index contributed by atoms with van der Waals surface area (Å²) in [5, 5.41) is 0. The van der Waals surface area contributed by atoms with Crippen molar-refractivity contribution in [1.82, 2.24) is 0 Å². The first-order valence-electron chi connectivity index (χ1n) is 4.72. The van der Waals surface area contributed by atoms with Gasteiger partial charge in [0.05, 0.1) is 6.61 Å². The van der Waals surface area contributed by atoms with Crippen LogP contribution in [0.1, 0.15) is 23.5 Å². The van der Waals surface area contributed by atoms with Crippen molar-refractivity contribution in [2.24, 2.45) is 0 Å². The van der Waals surface area contributed by atoms with Gasteiger partial charge in [0.15, 0.2) is 0 Å². The highest BCUT2D eigenvalue weighted by Gasteiger charge is 2.24. The van der Waals surface area contributed by atoms with E-state index < -0.39 is 11.6 Å². The van der Waals surface area contributed by atoms with Gasteiger partial charge in [-0.3, -0.25) is 0 Å². The fourth-order valence-corrected chi connectivity index (χ4v) is 1.86. The maximum absolute atomic E-state index is 13.5. The molecule has 0 radical (unpaired) electrons. The summed E-state index contributed by atoms with van der Waals surface area (Å²) in [6.45, 7) is 2.70. The lowest BCUT2D eigenvalue weighted by Crippen LogP contribution is -2.05. The molecule has 14 heavy (non-hydrogen) atoms. The third-order valence-electron chi connectivity index (χ3n) is 2.56. The maximum atomic E-state index is 13.5. The predicted molar refractivity (Wildman–Crippen MR) is 49.3 cm³/mol. The lowest BCUT2D eigenvalue weighted by Gasteiger charge is -2.11. The summed E-state index contributed by atoms with van der Waals surface area (Å²) in [6, 6.07) is 2.74. The molecule has 3 heteroatoms. The normalized spacial score (nSPS) is 21.5. The smallest absolute Gasteiger partial charge is 0.129 e. The third-order valence-corrected chi connectivity index (χ3v) is 2.56. The van der Waals surface area contributed by atoms with Gasteiger partial charge < -0.3 is 4.74 Å². The Morgan fingerprint density at radius 3 is 2.43 bits per heavy atom. The summed E-state index contributed by atoms with van der Waals surface area (Å²) in [4.78, 5) is 0. The quantitative estimate of drug-likeness (QED) is 0.674. The minimum Gasteiger partial charge on any atom is -0.381 e. The molecule has 1 aliphatic rings. The first kappa shape index (κ1) is 9.59. The zero-order valence-electron chi connectivity index (χ0n) is 8.02. The van der Waals surface area contributed by atoms with Gasteiger partial charge in [-0.2, -0.15) is 0 Å². The fraction of sp³-hybridized carbons (Fsp3) is 0.455. The molecule has 1 aromatic rings. The van der Waals surface area contributed by atoms with E-state index in [1.807, 2.05) is 0 Å². The second kappa shape index (κ2) is 3.65. The average Bonchev–Trinajstić information content (AvgIpc) is 2.54. The van der Waals surface area contributed by atoms with Crippen molar-refractivity contribution >= 4 is 0 Å². The Balaban J connectivity index is 2.40. The molecular weight excluding hydrogens is 186 g/mol. The molecule has 1 fully saturated rings. The van der Waals surface area contributed by atoms with Gasteiger partial charge in [0.1, 0.15) is 11.6 Å². The van der Waals surface area contributed by atoms with Crippen LogP contribution in [0.4, 0.5) is 8.78 Å². The monoisotopic (exact) mass is 198 g/mol. The molecule has 0 bridgehead atoms. The van der Waals surface area contributed by atoms with Crippen LogP contribution in [0.5, 0.6) is 0 Å². The maximum Gasteiger partial charge on any atom is 0.129 e. The molecule has 0 aliphatic carbocycles. The molecule has 1 aliphatic heterocycles. The van der Waals surface area contributed by atoms with Crippen molar-refractivity contribution in [2.45, 2.75) is 19.3 Å². The van der Waals surface area contributed by atoms with E-state index in [2.05, 4.69) is 0 Å². The first-order chi connectivity index (χ1) is 6.68. The molecule has 76 valence electrons. The zero-order valence-corrected chi connectivity index (χ0v) is 8.02. The highest BCUT2D eigenvalue weighted by molar-refractivity contribution is 5.28. The van der Waals surface area contributed by atoms with Crippen molar-refractivity contribution in [2.75, 3.05) is 13.2 Å². The van der Waals surface area contributed by atoms with Gasteiger partial charge in [0, 0.05) is 18.1 Å². The summed E-state index contributed by atoms with van der Waals surface area (Å²) in [6.07, 6.45) is 0.705. The Bertz CT molecular complexity index is 320. The van der Waals surface area contributed by atoms with Crippen LogP contribution in [-0.4, -0.2) is 13.2 Å². The van der Waals surface area contributed by atoms with Crippen molar-refractivity contribution < 1.29 is 13.5 Å². The topological polar surface area (TPSA) is 9.23 Å². The van der Waals surface area contributed by atoms with Crippen LogP contribution in [-0.2, 0) is 4.74 Å². The number of hydrogen-bond acceptors (Lipinski definition) is 1. The second-order valence-electron chi connectivity index (χ2n) is 3.70. The zero-order chi connectivity index (χ0) is 10.1. The molecule has 1 heterocycles. The van der Waals surface area contributed by atoms with Gasteiger partial charge in [-0.15, -0.1) is 0 Å². The highest BCUT2D eigenvalue weighted by atomic mass is 19.1. The number of rotatable bonds is 1. The molecule has 2 rings (SSSR count). The summed E-state index contributed by atoms with van der Waals surface area (Å²) in [5.74, 6) is -1.01. The lowest BCUT2D eigenvalue weighted by atomic mass is 9.96. The van der Waals surface area contributed by atoms with Crippen LogP contribution in [0.25, 0.3) is 0 Å². The van der Waals surface area contributed by atoms with E-state index in [1.165, 1.54) is 12.1 Å². The van der Waals surface area contributed by atoms with E-state index in [9.17, 15) is 8.78 Å². The van der Waals surface area contributed by atoms with Crippen molar-refractivity contribution in [3.63, 3.8) is 0 Å². The molecule has 0 N–H and O–H groups in total. The fourth-order valence-electron chi connectivity index (χ4n) is 1.86. The summed E-state index contributed by atoms with van der Waals surface area (Å²) in [7, 11) is 0. The number of benzene rings is 1. The highest BCUT2D eigenvalue weighted by Crippen LogP contribution is 2.30. The number of aryl methyl sites for hydroxylation is 1. The molecule has 0 aromatic heterocycles. The van der Waals surface area contributed by atoms with Crippen molar-refractivity contribution in [1.29, 1.82) is 0 Å². The Morgan fingerprint density at radius 1 is 1.29 bits per heavy atom. The third kappa shape index (κ3) is 1.64. The van der Waals surface area contributed by atoms with E-state index in [-0.39, 0.29) is 11.5 Å². The van der Waals surface area contributed by atoms with E-state index in [0.29, 0.717) is 25.2 Å². The van der Waals surface area contributed by atoms with Gasteiger partial charge in [0.2, 0.25) is 0 Å². The van der Waals surface area contributed by atoms with Gasteiger partial charge in [-0.25, -0.2) is 8.78 Å². The van der Waals surface area contributed by atoms with Gasteiger partial charge in [-0.1, -0.05) is 0 Å². The lowest BCUT2D eigenvalue weighted by molar-refractivity contribution is 0.193. The summed E-state index contributed by atoms with van der Waals surface area (Å²) < 4.78 is 32.1. The van der Waals surface area contributed by atoms with Crippen LogP contribution >= 0.6 is 0 Å². The molecule has 0 saturated carbocycles. The molecule has 1 atom stereocenters. The Kier molecular flexibility index (Phi) is 2.50. The Hall–Kier alpha value is -0.960. The molecule has 1 nitrogen and oxygen atoms in total. The molecule has 1 aromatic carbocycles. The van der Waals surface area contributed by atoms with Crippen LogP contribution < -0.4 is 0 Å². The first-order valence-corrected chi connectivity index (χ1v) is 4.72. The SMILES string of the molecule is Cc1cc(F)c(C2CCOC2)c(F)c1. The minimum absolute atomic E-state index is 0.115. The van der Waals surface area contributed by atoms with Gasteiger partial charge >= 0.3 is 0 Å². The average molecular weight is 198 g/mol. The molecule has 1 saturated heterocycles. The van der Waals surface area contributed by atoms with Gasteiger partial charge in [-0.05, 0) is 31.0 Å². The van der Waals surface area contributed by atoms with E-state index >= 15 is 0 Å². The molecule has 0 spiro atoms.